The van der Waals surface area contributed by atoms with Crippen LogP contribution in [-0.2, 0) is 12.4 Å². The van der Waals surface area contributed by atoms with Crippen molar-refractivity contribution in [3.63, 3.8) is 0 Å². The molecular formula is C44H23F8N3O9. The van der Waals surface area contributed by atoms with Gasteiger partial charge in [0.15, 0.2) is 28.4 Å². The summed E-state index contributed by atoms with van der Waals surface area (Å²) in [6, 6.07) is 24.7. The fraction of sp³-hybridized carbons (Fsp3) is 0.0455. The van der Waals surface area contributed by atoms with Crippen LogP contribution in [0.5, 0.6) is 0 Å². The molecule has 6 aromatic carbocycles. The van der Waals surface area contributed by atoms with E-state index in [-0.39, 0.29) is 62.2 Å². The summed E-state index contributed by atoms with van der Waals surface area (Å²) >= 11 is 0. The lowest BCUT2D eigenvalue weighted by Crippen LogP contribution is -2.04. The number of rotatable bonds is 6. The highest BCUT2D eigenvalue weighted by molar-refractivity contribution is 5.94. The molecule has 0 saturated heterocycles. The Morgan fingerprint density at radius 3 is 1.20 bits per heavy atom. The minimum atomic E-state index is -4.46. The van der Waals surface area contributed by atoms with E-state index in [1.807, 2.05) is 0 Å². The van der Waals surface area contributed by atoms with E-state index in [1.165, 1.54) is 84.9 Å². The van der Waals surface area contributed by atoms with Crippen molar-refractivity contribution in [2.75, 3.05) is 0 Å². The van der Waals surface area contributed by atoms with E-state index >= 15 is 0 Å². The van der Waals surface area contributed by atoms with E-state index < -0.39 is 53.0 Å². The molecule has 0 unspecified atom stereocenters. The number of oxazole rings is 3. The van der Waals surface area contributed by atoms with Crippen LogP contribution in [0.2, 0.25) is 0 Å². The number of halogens is 8. The van der Waals surface area contributed by atoms with Gasteiger partial charge in [0.2, 0.25) is 17.7 Å². The second-order valence-electron chi connectivity index (χ2n) is 13.3. The third-order valence-corrected chi connectivity index (χ3v) is 8.97. The maximum Gasteiger partial charge on any atom is 0.416 e. The van der Waals surface area contributed by atoms with Gasteiger partial charge >= 0.3 is 30.3 Å². The minimum absolute atomic E-state index is 0.00337. The van der Waals surface area contributed by atoms with Gasteiger partial charge in [-0.3, -0.25) is 0 Å². The molecule has 3 N–H and O–H groups in total. The smallest absolute Gasteiger partial charge is 0.416 e. The Morgan fingerprint density at radius 2 is 0.812 bits per heavy atom. The predicted octanol–water partition coefficient (Wildman–Crippen LogP) is 11.9. The number of nitrogens with zero attached hydrogens (tertiary/aromatic N) is 3. The Balaban J connectivity index is 0.000000144. The van der Waals surface area contributed by atoms with Crippen LogP contribution in [0.1, 0.15) is 42.2 Å². The van der Waals surface area contributed by atoms with Crippen molar-refractivity contribution < 1.29 is 78.1 Å². The van der Waals surface area contributed by atoms with Crippen LogP contribution in [0, 0.1) is 11.6 Å². The molecule has 12 nitrogen and oxygen atoms in total. The normalized spacial score (nSPS) is 11.5. The number of benzene rings is 6. The van der Waals surface area contributed by atoms with Gasteiger partial charge in [0, 0.05) is 16.7 Å². The van der Waals surface area contributed by atoms with Gasteiger partial charge in [-0.1, -0.05) is 6.07 Å². The van der Waals surface area contributed by atoms with E-state index in [0.29, 0.717) is 22.1 Å². The largest absolute Gasteiger partial charge is 0.478 e. The first kappa shape index (κ1) is 43.7. The first-order chi connectivity index (χ1) is 30.2. The van der Waals surface area contributed by atoms with Crippen molar-refractivity contribution >= 4 is 51.2 Å². The van der Waals surface area contributed by atoms with E-state index in [2.05, 4.69) is 15.0 Å². The SMILES string of the molecule is O=C(O)c1ccc2nc(-c3ccc(C(F)(F)F)cc3)oc2c1.O=C(O)c1ccc2nc(-c3ccc(F)c(F)c3)oc2c1.O=C(O)c1ccc2nc(-c3cccc(C(F)(F)F)c3)oc2c1. The van der Waals surface area contributed by atoms with E-state index in [0.717, 1.165) is 36.4 Å². The number of carbonyl (C=O) groups is 3. The van der Waals surface area contributed by atoms with Gasteiger partial charge < -0.3 is 28.6 Å². The van der Waals surface area contributed by atoms with E-state index in [1.54, 1.807) is 0 Å². The standard InChI is InChI=1S/2C15H8F3NO3.C14H7F2NO3/c16-15(17,18)10-4-1-8(2-5-10)13-19-11-6-3-9(14(20)21)7-12(11)22-13;16-15(17,18)10-3-1-2-8(6-10)13-19-11-5-4-9(14(20)21)7-12(11)22-13;15-9-3-1-7(5-10(9)16)13-17-11-4-2-8(14(18)19)6-12(11)20-13/h2*1-7H,(H,20,21);1-6H,(H,18,19). The molecule has 0 aliphatic heterocycles. The summed E-state index contributed by atoms with van der Waals surface area (Å²) in [7, 11) is 0. The molecule has 0 fully saturated rings. The van der Waals surface area contributed by atoms with Gasteiger partial charge in [-0.05, 0) is 115 Å². The second-order valence-corrected chi connectivity index (χ2v) is 13.3. The Morgan fingerprint density at radius 1 is 0.422 bits per heavy atom. The summed E-state index contributed by atoms with van der Waals surface area (Å²) in [6.07, 6.45) is -8.87. The van der Waals surface area contributed by atoms with E-state index in [9.17, 15) is 49.5 Å². The highest BCUT2D eigenvalue weighted by Crippen LogP contribution is 2.34. The van der Waals surface area contributed by atoms with Crippen molar-refractivity contribution in [3.05, 3.63) is 161 Å². The third-order valence-electron chi connectivity index (χ3n) is 8.97. The van der Waals surface area contributed by atoms with Gasteiger partial charge in [0.25, 0.3) is 0 Å². The van der Waals surface area contributed by atoms with Crippen LogP contribution in [0.25, 0.3) is 67.7 Å². The summed E-state index contributed by atoms with van der Waals surface area (Å²) in [6.45, 7) is 0. The van der Waals surface area contributed by atoms with E-state index in [4.69, 9.17) is 28.6 Å². The van der Waals surface area contributed by atoms with Gasteiger partial charge in [0.1, 0.15) is 16.6 Å². The monoisotopic (exact) mass is 889 g/mol. The first-order valence-corrected chi connectivity index (χ1v) is 18.0. The molecule has 0 amide bonds. The number of hydrogen-bond donors (Lipinski definition) is 3. The molecule has 0 atom stereocenters. The Kier molecular flexibility index (Phi) is 11.7. The fourth-order valence-corrected chi connectivity index (χ4v) is 5.80. The third kappa shape index (κ3) is 9.70. The van der Waals surface area contributed by atoms with Crippen molar-refractivity contribution in [1.82, 2.24) is 15.0 Å². The molecule has 3 aromatic heterocycles. The number of alkyl halides is 6. The van der Waals surface area contributed by atoms with Crippen LogP contribution >= 0.6 is 0 Å². The Labute approximate surface area is 351 Å². The average Bonchev–Trinajstić information content (AvgIpc) is 4.01. The number of aromatic nitrogens is 3. The number of fused-ring (bicyclic) bond motifs is 3. The molecular weight excluding hydrogens is 866 g/mol. The molecule has 3 heterocycles. The van der Waals surface area contributed by atoms with Gasteiger partial charge in [0.05, 0.1) is 27.8 Å². The topological polar surface area (TPSA) is 190 Å². The van der Waals surface area contributed by atoms with Crippen LogP contribution in [0.15, 0.2) is 135 Å². The summed E-state index contributed by atoms with van der Waals surface area (Å²) in [5, 5.41) is 26.7. The Bertz CT molecular complexity index is 3230. The van der Waals surface area contributed by atoms with Crippen molar-refractivity contribution in [2.45, 2.75) is 12.4 Å². The molecule has 0 bridgehead atoms. The second kappa shape index (κ2) is 17.2. The lowest BCUT2D eigenvalue weighted by Gasteiger charge is -2.06. The Hall–Kier alpha value is -8.42. The molecule has 0 aliphatic rings. The number of aromatic carboxylic acids is 3. The molecule has 20 heteroatoms. The fourth-order valence-electron chi connectivity index (χ4n) is 5.80. The maximum atomic E-state index is 13.2. The quantitative estimate of drug-likeness (QED) is 0.134. The first-order valence-electron chi connectivity index (χ1n) is 18.0. The number of carboxylic acids is 3. The van der Waals surface area contributed by atoms with Crippen molar-refractivity contribution in [1.29, 1.82) is 0 Å². The minimum Gasteiger partial charge on any atom is -0.478 e. The van der Waals surface area contributed by atoms with Crippen LogP contribution in [0.4, 0.5) is 35.1 Å². The highest BCUT2D eigenvalue weighted by Gasteiger charge is 2.31. The van der Waals surface area contributed by atoms with Crippen molar-refractivity contribution in [3.8, 4) is 34.4 Å². The highest BCUT2D eigenvalue weighted by atomic mass is 19.4. The molecule has 0 aliphatic carbocycles. The number of hydrogen-bond acceptors (Lipinski definition) is 9. The maximum absolute atomic E-state index is 13.2. The van der Waals surface area contributed by atoms with Crippen molar-refractivity contribution in [2.24, 2.45) is 0 Å². The molecule has 64 heavy (non-hydrogen) atoms. The molecule has 324 valence electrons. The summed E-state index contributed by atoms with van der Waals surface area (Å²) in [5.74, 6) is -5.05. The summed E-state index contributed by atoms with van der Waals surface area (Å²) in [4.78, 5) is 44.9. The zero-order valence-electron chi connectivity index (χ0n) is 31.7. The predicted molar refractivity (Wildman–Crippen MR) is 209 cm³/mol. The summed E-state index contributed by atoms with van der Waals surface area (Å²) in [5.41, 5.74) is 1.34. The average molecular weight is 890 g/mol. The molecule has 9 rings (SSSR count). The zero-order chi connectivity index (χ0) is 46.1. The summed E-state index contributed by atoms with van der Waals surface area (Å²) < 4.78 is 118. The lowest BCUT2D eigenvalue weighted by atomic mass is 10.1. The lowest BCUT2D eigenvalue weighted by molar-refractivity contribution is -0.138. The molecule has 0 spiro atoms. The van der Waals surface area contributed by atoms with Crippen LogP contribution in [-0.4, -0.2) is 48.2 Å². The van der Waals surface area contributed by atoms with Gasteiger partial charge in [-0.2, -0.15) is 26.3 Å². The molecule has 9 aromatic rings. The molecule has 0 saturated carbocycles. The van der Waals surface area contributed by atoms with Crippen LogP contribution in [0.3, 0.4) is 0 Å². The zero-order valence-corrected chi connectivity index (χ0v) is 31.7. The number of carboxylic acid groups (broad SMARTS) is 3. The molecule has 0 radical (unpaired) electrons. The van der Waals surface area contributed by atoms with Gasteiger partial charge in [-0.25, -0.2) is 38.1 Å². The van der Waals surface area contributed by atoms with Crippen LogP contribution < -0.4 is 0 Å². The van der Waals surface area contributed by atoms with Gasteiger partial charge in [-0.15, -0.1) is 0 Å².